The standard InChI is InChI=1S/C30H29FN4O2/c1-5-21-7-9-22(10-8-21)17-35-20(4)26(27(32-30(35)36)24-11-6-18(2)19(3)16-24)29-33-28(34-37-29)23-12-14-25(31)15-13-23/h6-16,27H,5,17H2,1-4H3,(H,32,36). The van der Waals surface area contributed by atoms with Crippen LogP contribution in [0.5, 0.6) is 0 Å². The van der Waals surface area contributed by atoms with E-state index in [1.807, 2.05) is 38.1 Å². The molecule has 1 aliphatic rings. The molecule has 5 rings (SSSR count). The van der Waals surface area contributed by atoms with Gasteiger partial charge in [0.2, 0.25) is 5.82 Å². The van der Waals surface area contributed by atoms with Crippen molar-refractivity contribution in [2.45, 2.75) is 46.7 Å². The van der Waals surface area contributed by atoms with E-state index in [2.05, 4.69) is 47.5 Å². The maximum atomic E-state index is 13.4. The van der Waals surface area contributed by atoms with Gasteiger partial charge < -0.3 is 9.84 Å². The van der Waals surface area contributed by atoms with E-state index >= 15 is 0 Å². The molecule has 4 aromatic rings. The van der Waals surface area contributed by atoms with Crippen molar-refractivity contribution in [3.8, 4) is 11.4 Å². The van der Waals surface area contributed by atoms with Crippen molar-refractivity contribution >= 4 is 11.6 Å². The van der Waals surface area contributed by atoms with Gasteiger partial charge >= 0.3 is 6.03 Å². The summed E-state index contributed by atoms with van der Waals surface area (Å²) in [6.07, 6.45) is 0.957. The number of aryl methyl sites for hydroxylation is 3. The largest absolute Gasteiger partial charge is 0.334 e. The lowest BCUT2D eigenvalue weighted by Crippen LogP contribution is -2.45. The first kappa shape index (κ1) is 24.4. The Hall–Kier alpha value is -4.26. The summed E-state index contributed by atoms with van der Waals surface area (Å²) in [5.74, 6) is 0.331. The Kier molecular flexibility index (Phi) is 6.61. The number of rotatable bonds is 6. The molecule has 1 aromatic heterocycles. The second kappa shape index (κ2) is 10.0. The summed E-state index contributed by atoms with van der Waals surface area (Å²) >= 11 is 0. The molecule has 188 valence electrons. The van der Waals surface area contributed by atoms with Crippen molar-refractivity contribution < 1.29 is 13.7 Å². The van der Waals surface area contributed by atoms with Gasteiger partial charge in [-0.15, -0.1) is 0 Å². The van der Waals surface area contributed by atoms with Crippen molar-refractivity contribution in [2.24, 2.45) is 0 Å². The molecule has 1 atom stereocenters. The highest BCUT2D eigenvalue weighted by Crippen LogP contribution is 2.38. The zero-order valence-corrected chi connectivity index (χ0v) is 21.4. The Morgan fingerprint density at radius 3 is 2.32 bits per heavy atom. The molecule has 37 heavy (non-hydrogen) atoms. The summed E-state index contributed by atoms with van der Waals surface area (Å²) in [4.78, 5) is 19.7. The number of nitrogens with one attached hydrogen (secondary N) is 1. The van der Waals surface area contributed by atoms with Crippen LogP contribution in [-0.2, 0) is 13.0 Å². The van der Waals surface area contributed by atoms with Gasteiger partial charge in [0.05, 0.1) is 18.2 Å². The number of amides is 2. The zero-order chi connectivity index (χ0) is 26.1. The van der Waals surface area contributed by atoms with Gasteiger partial charge in [0, 0.05) is 11.3 Å². The Morgan fingerprint density at radius 1 is 0.946 bits per heavy atom. The summed E-state index contributed by atoms with van der Waals surface area (Å²) in [6, 6.07) is 19.7. The molecular formula is C30H29FN4O2. The van der Waals surface area contributed by atoms with Gasteiger partial charge in [0.25, 0.3) is 5.89 Å². The summed E-state index contributed by atoms with van der Waals surface area (Å²) in [7, 11) is 0. The number of nitrogens with zero attached hydrogens (tertiary/aromatic N) is 3. The highest BCUT2D eigenvalue weighted by molar-refractivity contribution is 5.87. The van der Waals surface area contributed by atoms with E-state index < -0.39 is 6.04 Å². The van der Waals surface area contributed by atoms with Gasteiger partial charge in [-0.1, -0.05) is 54.5 Å². The minimum atomic E-state index is -0.466. The summed E-state index contributed by atoms with van der Waals surface area (Å²) in [5.41, 5.74) is 7.60. The van der Waals surface area contributed by atoms with E-state index in [4.69, 9.17) is 4.52 Å². The lowest BCUT2D eigenvalue weighted by molar-refractivity contribution is 0.203. The molecule has 0 radical (unpaired) electrons. The van der Waals surface area contributed by atoms with Gasteiger partial charge in [-0.3, -0.25) is 4.90 Å². The van der Waals surface area contributed by atoms with Crippen molar-refractivity contribution in [3.63, 3.8) is 0 Å². The highest BCUT2D eigenvalue weighted by Gasteiger charge is 2.36. The molecule has 2 heterocycles. The van der Waals surface area contributed by atoms with Crippen molar-refractivity contribution in [1.82, 2.24) is 20.4 Å². The molecule has 7 heteroatoms. The third-order valence-electron chi connectivity index (χ3n) is 6.99. The number of halogens is 1. The van der Waals surface area contributed by atoms with Crippen LogP contribution in [0.2, 0.25) is 0 Å². The molecule has 1 aliphatic heterocycles. The lowest BCUT2D eigenvalue weighted by Gasteiger charge is -2.35. The fraction of sp³-hybridized carbons (Fsp3) is 0.233. The van der Waals surface area contributed by atoms with Crippen LogP contribution in [0.15, 0.2) is 77.0 Å². The first-order valence-corrected chi connectivity index (χ1v) is 12.4. The average Bonchev–Trinajstić information content (AvgIpc) is 3.38. The Bertz CT molecular complexity index is 1470. The molecule has 0 fully saturated rings. The normalized spacial score (nSPS) is 15.8. The van der Waals surface area contributed by atoms with Crippen molar-refractivity contribution in [3.05, 3.63) is 112 Å². The quantitative estimate of drug-likeness (QED) is 0.320. The van der Waals surface area contributed by atoms with Crippen LogP contribution in [0.4, 0.5) is 9.18 Å². The number of carbonyl (C=O) groups excluding carboxylic acids is 1. The van der Waals surface area contributed by atoms with Crippen LogP contribution in [0, 0.1) is 19.7 Å². The molecule has 0 aliphatic carbocycles. The summed E-state index contributed by atoms with van der Waals surface area (Å²) in [5, 5.41) is 7.32. The van der Waals surface area contributed by atoms with Crippen molar-refractivity contribution in [2.75, 3.05) is 0 Å². The van der Waals surface area contributed by atoms with Crippen LogP contribution in [0.3, 0.4) is 0 Å². The van der Waals surface area contributed by atoms with Gasteiger partial charge in [0.1, 0.15) is 5.82 Å². The van der Waals surface area contributed by atoms with E-state index in [0.717, 1.165) is 34.4 Å². The molecular weight excluding hydrogens is 467 g/mol. The number of aromatic nitrogens is 2. The Morgan fingerprint density at radius 2 is 1.65 bits per heavy atom. The smallest absolute Gasteiger partial charge is 0.322 e. The van der Waals surface area contributed by atoms with Crippen LogP contribution in [-0.4, -0.2) is 21.1 Å². The van der Waals surface area contributed by atoms with E-state index in [0.29, 0.717) is 23.8 Å². The minimum absolute atomic E-state index is 0.192. The molecule has 0 spiro atoms. The predicted molar refractivity (Wildman–Crippen MR) is 141 cm³/mol. The summed E-state index contributed by atoms with van der Waals surface area (Å²) < 4.78 is 19.2. The second-order valence-corrected chi connectivity index (χ2v) is 9.41. The number of carbonyl (C=O) groups is 1. The first-order chi connectivity index (χ1) is 17.8. The minimum Gasteiger partial charge on any atom is -0.334 e. The number of hydrogen-bond donors (Lipinski definition) is 1. The monoisotopic (exact) mass is 496 g/mol. The van der Waals surface area contributed by atoms with Gasteiger partial charge in [0.15, 0.2) is 0 Å². The fourth-order valence-corrected chi connectivity index (χ4v) is 4.56. The van der Waals surface area contributed by atoms with Crippen LogP contribution < -0.4 is 5.32 Å². The van der Waals surface area contributed by atoms with Gasteiger partial charge in [-0.05, 0) is 79.3 Å². The van der Waals surface area contributed by atoms with E-state index in [1.165, 1.54) is 23.3 Å². The highest BCUT2D eigenvalue weighted by atomic mass is 19.1. The zero-order valence-electron chi connectivity index (χ0n) is 21.4. The van der Waals surface area contributed by atoms with Gasteiger partial charge in [-0.2, -0.15) is 4.98 Å². The van der Waals surface area contributed by atoms with E-state index in [9.17, 15) is 9.18 Å². The van der Waals surface area contributed by atoms with Crippen LogP contribution in [0.25, 0.3) is 17.0 Å². The molecule has 2 amide bonds. The molecule has 1 unspecified atom stereocenters. The third-order valence-corrected chi connectivity index (χ3v) is 6.99. The lowest BCUT2D eigenvalue weighted by atomic mass is 9.92. The number of hydrogen-bond acceptors (Lipinski definition) is 4. The molecule has 0 saturated carbocycles. The van der Waals surface area contributed by atoms with Crippen LogP contribution >= 0.6 is 0 Å². The fourth-order valence-electron chi connectivity index (χ4n) is 4.56. The molecule has 1 N–H and O–H groups in total. The maximum absolute atomic E-state index is 13.4. The Labute approximate surface area is 215 Å². The molecule has 3 aromatic carbocycles. The topological polar surface area (TPSA) is 71.3 Å². The molecule has 0 bridgehead atoms. The van der Waals surface area contributed by atoms with E-state index in [1.54, 1.807) is 17.0 Å². The molecule has 0 saturated heterocycles. The van der Waals surface area contributed by atoms with Crippen molar-refractivity contribution in [1.29, 1.82) is 0 Å². The molecule has 6 nitrogen and oxygen atoms in total. The number of allylic oxidation sites excluding steroid dienone is 1. The first-order valence-electron chi connectivity index (χ1n) is 12.4. The van der Waals surface area contributed by atoms with Gasteiger partial charge in [-0.25, -0.2) is 9.18 Å². The maximum Gasteiger partial charge on any atom is 0.322 e. The average molecular weight is 497 g/mol. The number of benzene rings is 3. The van der Waals surface area contributed by atoms with Crippen LogP contribution in [0.1, 0.15) is 53.6 Å². The predicted octanol–water partition coefficient (Wildman–Crippen LogP) is 6.75. The van der Waals surface area contributed by atoms with E-state index in [-0.39, 0.29) is 11.8 Å². The second-order valence-electron chi connectivity index (χ2n) is 9.41. The number of urea groups is 1. The summed E-state index contributed by atoms with van der Waals surface area (Å²) in [6.45, 7) is 8.53. The SMILES string of the molecule is CCc1ccc(CN2C(=O)NC(c3ccc(C)c(C)c3)C(c3nc(-c4ccc(F)cc4)no3)=C2C)cc1. The Balaban J connectivity index is 1.58. The third kappa shape index (κ3) is 4.89.